The highest BCUT2D eigenvalue weighted by Crippen LogP contribution is 2.39. The Kier molecular flexibility index (Phi) is 6.24. The van der Waals surface area contributed by atoms with Crippen molar-refractivity contribution in [3.63, 3.8) is 0 Å². The SMILES string of the molecule is COc1ccccc1CNC(=O)CCS(=O)(=O)c1ccc2c(c1)C[C@@H](C)N2C(=O)C1CC1. The molecule has 4 rings (SSSR count). The summed E-state index contributed by atoms with van der Waals surface area (Å²) in [5, 5.41) is 2.75. The molecule has 2 aliphatic rings. The number of sulfone groups is 1. The molecule has 170 valence electrons. The maximum absolute atomic E-state index is 12.8. The second-order valence-electron chi connectivity index (χ2n) is 8.48. The van der Waals surface area contributed by atoms with E-state index < -0.39 is 9.84 Å². The van der Waals surface area contributed by atoms with E-state index in [0.717, 1.165) is 29.7 Å². The van der Waals surface area contributed by atoms with Crippen LogP contribution in [0.3, 0.4) is 0 Å². The molecule has 0 bridgehead atoms. The van der Waals surface area contributed by atoms with Crippen molar-refractivity contribution in [2.45, 2.75) is 50.1 Å². The number of nitrogens with zero attached hydrogens (tertiary/aromatic N) is 1. The van der Waals surface area contributed by atoms with Crippen molar-refractivity contribution >= 4 is 27.3 Å². The van der Waals surface area contributed by atoms with Crippen molar-refractivity contribution in [2.75, 3.05) is 17.8 Å². The van der Waals surface area contributed by atoms with Gasteiger partial charge in [0.1, 0.15) is 5.75 Å². The zero-order valence-corrected chi connectivity index (χ0v) is 19.2. The molecule has 7 nitrogen and oxygen atoms in total. The zero-order valence-electron chi connectivity index (χ0n) is 18.3. The number of hydrogen-bond donors (Lipinski definition) is 1. The lowest BCUT2D eigenvalue weighted by Gasteiger charge is -2.22. The van der Waals surface area contributed by atoms with Gasteiger partial charge in [-0.05, 0) is 56.0 Å². The summed E-state index contributed by atoms with van der Waals surface area (Å²) in [5.74, 6) is 0.307. The summed E-state index contributed by atoms with van der Waals surface area (Å²) in [6, 6.07) is 12.3. The van der Waals surface area contributed by atoms with Crippen LogP contribution >= 0.6 is 0 Å². The molecule has 1 N–H and O–H groups in total. The minimum absolute atomic E-state index is 0.0248. The third kappa shape index (κ3) is 4.65. The monoisotopic (exact) mass is 456 g/mol. The molecular formula is C24H28N2O5S. The van der Waals surface area contributed by atoms with Gasteiger partial charge in [-0.15, -0.1) is 0 Å². The van der Waals surface area contributed by atoms with E-state index in [2.05, 4.69) is 5.32 Å². The number of methoxy groups -OCH3 is 1. The summed E-state index contributed by atoms with van der Waals surface area (Å²) in [5.41, 5.74) is 2.50. The number of para-hydroxylation sites is 1. The van der Waals surface area contributed by atoms with Crippen molar-refractivity contribution < 1.29 is 22.7 Å². The first-order chi connectivity index (χ1) is 15.3. The van der Waals surface area contributed by atoms with Crippen LogP contribution in [-0.4, -0.2) is 39.1 Å². The Morgan fingerprint density at radius 3 is 2.62 bits per heavy atom. The molecule has 0 spiro atoms. The van der Waals surface area contributed by atoms with E-state index in [9.17, 15) is 18.0 Å². The first-order valence-electron chi connectivity index (χ1n) is 10.9. The number of amides is 2. The van der Waals surface area contributed by atoms with E-state index in [4.69, 9.17) is 4.74 Å². The Bertz CT molecular complexity index is 1140. The number of benzene rings is 2. The lowest BCUT2D eigenvalue weighted by Crippen LogP contribution is -2.36. The van der Waals surface area contributed by atoms with Crippen LogP contribution in [0.15, 0.2) is 47.4 Å². The minimum atomic E-state index is -3.62. The van der Waals surface area contributed by atoms with E-state index >= 15 is 0 Å². The summed E-state index contributed by atoms with van der Waals surface area (Å²) in [6.45, 7) is 2.25. The first-order valence-corrected chi connectivity index (χ1v) is 12.5. The van der Waals surface area contributed by atoms with Crippen LogP contribution in [0.25, 0.3) is 0 Å². The summed E-state index contributed by atoms with van der Waals surface area (Å²) in [7, 11) is -2.06. The number of fused-ring (bicyclic) bond motifs is 1. The van der Waals surface area contributed by atoms with Crippen molar-refractivity contribution in [1.29, 1.82) is 0 Å². The fourth-order valence-electron chi connectivity index (χ4n) is 4.14. The van der Waals surface area contributed by atoms with Gasteiger partial charge in [0.2, 0.25) is 11.8 Å². The highest BCUT2D eigenvalue weighted by atomic mass is 32.2. The third-order valence-electron chi connectivity index (χ3n) is 6.06. The van der Waals surface area contributed by atoms with Gasteiger partial charge >= 0.3 is 0 Å². The van der Waals surface area contributed by atoms with Crippen LogP contribution in [0.2, 0.25) is 0 Å². The lowest BCUT2D eigenvalue weighted by molar-refractivity contribution is -0.121. The third-order valence-corrected chi connectivity index (χ3v) is 7.77. The summed E-state index contributed by atoms with van der Waals surface area (Å²) >= 11 is 0. The van der Waals surface area contributed by atoms with Crippen molar-refractivity contribution in [2.24, 2.45) is 5.92 Å². The fraction of sp³-hybridized carbons (Fsp3) is 0.417. The zero-order chi connectivity index (χ0) is 22.9. The molecule has 1 atom stereocenters. The van der Waals surface area contributed by atoms with Gasteiger partial charge in [0, 0.05) is 36.2 Å². The Balaban J connectivity index is 1.38. The van der Waals surface area contributed by atoms with Crippen LogP contribution in [0.4, 0.5) is 5.69 Å². The second kappa shape index (κ2) is 8.94. The Morgan fingerprint density at radius 2 is 1.91 bits per heavy atom. The minimum Gasteiger partial charge on any atom is -0.496 e. The Hall–Kier alpha value is -2.87. The number of ether oxygens (including phenoxy) is 1. The number of carbonyl (C=O) groups is 2. The van der Waals surface area contributed by atoms with E-state index in [1.165, 1.54) is 0 Å². The highest BCUT2D eigenvalue weighted by molar-refractivity contribution is 7.91. The molecule has 1 saturated carbocycles. The average molecular weight is 457 g/mol. The van der Waals surface area contributed by atoms with Gasteiger partial charge in [0.05, 0.1) is 17.8 Å². The van der Waals surface area contributed by atoms with Gasteiger partial charge in [0.25, 0.3) is 0 Å². The molecule has 1 heterocycles. The van der Waals surface area contributed by atoms with Gasteiger partial charge < -0.3 is 15.0 Å². The van der Waals surface area contributed by atoms with Crippen molar-refractivity contribution in [3.05, 3.63) is 53.6 Å². The number of rotatable bonds is 8. The van der Waals surface area contributed by atoms with E-state index in [1.807, 2.05) is 30.0 Å². The largest absolute Gasteiger partial charge is 0.496 e. The lowest BCUT2D eigenvalue weighted by atomic mass is 10.1. The van der Waals surface area contributed by atoms with Gasteiger partial charge in [-0.25, -0.2) is 8.42 Å². The van der Waals surface area contributed by atoms with Gasteiger partial charge in [-0.3, -0.25) is 9.59 Å². The van der Waals surface area contributed by atoms with E-state index in [1.54, 1.807) is 31.4 Å². The van der Waals surface area contributed by atoms with Crippen LogP contribution in [0, 0.1) is 5.92 Å². The smallest absolute Gasteiger partial charge is 0.230 e. The fourth-order valence-corrected chi connectivity index (χ4v) is 5.43. The number of nitrogens with one attached hydrogen (secondary N) is 1. The molecule has 2 aromatic rings. The molecule has 0 aromatic heterocycles. The van der Waals surface area contributed by atoms with Crippen LogP contribution in [0.5, 0.6) is 5.75 Å². The maximum atomic E-state index is 12.8. The normalized spacial score (nSPS) is 17.7. The maximum Gasteiger partial charge on any atom is 0.230 e. The number of hydrogen-bond acceptors (Lipinski definition) is 5. The molecule has 2 aromatic carbocycles. The number of carbonyl (C=O) groups excluding carboxylic acids is 2. The summed E-state index contributed by atoms with van der Waals surface area (Å²) in [4.78, 5) is 26.9. The molecule has 0 unspecified atom stereocenters. The molecule has 2 amide bonds. The average Bonchev–Trinajstić information content (AvgIpc) is 3.58. The summed E-state index contributed by atoms with van der Waals surface area (Å²) < 4.78 is 31.0. The number of anilines is 1. The topological polar surface area (TPSA) is 92.8 Å². The quantitative estimate of drug-likeness (QED) is 0.659. The van der Waals surface area contributed by atoms with Gasteiger partial charge in [0.15, 0.2) is 9.84 Å². The van der Waals surface area contributed by atoms with Crippen LogP contribution in [0.1, 0.15) is 37.3 Å². The molecule has 1 aliphatic heterocycles. The summed E-state index contributed by atoms with van der Waals surface area (Å²) in [6.07, 6.45) is 2.37. The molecule has 0 saturated heterocycles. The highest BCUT2D eigenvalue weighted by Gasteiger charge is 2.39. The Morgan fingerprint density at radius 1 is 1.16 bits per heavy atom. The van der Waals surface area contributed by atoms with Gasteiger partial charge in [-0.2, -0.15) is 0 Å². The predicted molar refractivity (Wildman–Crippen MR) is 121 cm³/mol. The van der Waals surface area contributed by atoms with E-state index in [-0.39, 0.29) is 47.4 Å². The molecular weight excluding hydrogens is 428 g/mol. The van der Waals surface area contributed by atoms with Crippen LogP contribution < -0.4 is 15.0 Å². The second-order valence-corrected chi connectivity index (χ2v) is 10.6. The van der Waals surface area contributed by atoms with Crippen molar-refractivity contribution in [3.8, 4) is 5.75 Å². The first kappa shape index (κ1) is 22.3. The standard InChI is InChI=1S/C24H28N2O5S/c1-16-13-19-14-20(9-10-21(19)26(16)24(28)17-7-8-17)32(29,30)12-11-23(27)25-15-18-5-3-4-6-22(18)31-2/h3-6,9-10,14,16-17H,7-8,11-13,15H2,1-2H3,(H,25,27)/t16-/m1/s1. The molecule has 32 heavy (non-hydrogen) atoms. The van der Waals surface area contributed by atoms with Crippen molar-refractivity contribution in [1.82, 2.24) is 5.32 Å². The molecule has 0 radical (unpaired) electrons. The van der Waals surface area contributed by atoms with E-state index in [0.29, 0.717) is 12.2 Å². The van der Waals surface area contributed by atoms with Crippen LogP contribution in [-0.2, 0) is 32.4 Å². The van der Waals surface area contributed by atoms with Gasteiger partial charge in [-0.1, -0.05) is 18.2 Å². The molecule has 1 aliphatic carbocycles. The predicted octanol–water partition coefficient (Wildman–Crippen LogP) is 2.86. The molecule has 8 heteroatoms. The molecule has 1 fully saturated rings. The Labute approximate surface area is 188 Å².